The molecule has 3 aromatic carbocycles. The molecule has 0 aliphatic heterocycles. The van der Waals surface area contributed by atoms with Crippen LogP contribution in [0.4, 0.5) is 0 Å². The number of aryl methyl sites for hydroxylation is 2. The van der Waals surface area contributed by atoms with Crippen molar-refractivity contribution in [2.45, 2.75) is 13.8 Å². The van der Waals surface area contributed by atoms with Crippen molar-refractivity contribution in [3.63, 3.8) is 0 Å². The molecule has 0 unspecified atom stereocenters. The minimum atomic E-state index is -0.168. The smallest absolute Gasteiger partial charge is 0.195 e. The Hall–Kier alpha value is -2.42. The lowest BCUT2D eigenvalue weighted by Gasteiger charge is -2.13. The van der Waals surface area contributed by atoms with Crippen molar-refractivity contribution in [3.05, 3.63) is 104 Å². The van der Waals surface area contributed by atoms with Crippen LogP contribution >= 0.6 is 23.2 Å². The summed E-state index contributed by atoms with van der Waals surface area (Å²) in [5, 5.41) is 0.816. The van der Waals surface area contributed by atoms with Gasteiger partial charge in [0.25, 0.3) is 0 Å². The molecule has 0 saturated carbocycles. The number of carbonyl (C=O) groups is 2. The number of hydrogen-bond acceptors (Lipinski definition) is 2. The third-order valence-electron chi connectivity index (χ3n) is 4.26. The van der Waals surface area contributed by atoms with Gasteiger partial charge < -0.3 is 0 Å². The highest BCUT2D eigenvalue weighted by Crippen LogP contribution is 2.26. The molecule has 0 heterocycles. The van der Waals surface area contributed by atoms with Gasteiger partial charge in [0.15, 0.2) is 11.6 Å². The van der Waals surface area contributed by atoms with E-state index in [1.807, 2.05) is 13.8 Å². The van der Waals surface area contributed by atoms with E-state index < -0.39 is 0 Å². The predicted molar refractivity (Wildman–Crippen MR) is 106 cm³/mol. The van der Waals surface area contributed by atoms with Gasteiger partial charge in [0.05, 0.1) is 10.0 Å². The minimum absolute atomic E-state index is 0.151. The Morgan fingerprint density at radius 3 is 1.58 bits per heavy atom. The highest BCUT2D eigenvalue weighted by molar-refractivity contribution is 6.35. The fourth-order valence-corrected chi connectivity index (χ4v) is 3.48. The highest BCUT2D eigenvalue weighted by Gasteiger charge is 2.20. The van der Waals surface area contributed by atoms with Crippen LogP contribution in [0, 0.1) is 13.8 Å². The van der Waals surface area contributed by atoms with Crippen LogP contribution < -0.4 is 0 Å². The number of rotatable bonds is 4. The molecular formula is C22H16Cl2O2. The zero-order valence-corrected chi connectivity index (χ0v) is 15.9. The summed E-state index contributed by atoms with van der Waals surface area (Å²) >= 11 is 12.3. The van der Waals surface area contributed by atoms with E-state index in [9.17, 15) is 9.59 Å². The molecule has 26 heavy (non-hydrogen) atoms. The quantitative estimate of drug-likeness (QED) is 0.512. The van der Waals surface area contributed by atoms with Crippen LogP contribution in [0.1, 0.15) is 43.0 Å². The first-order valence-electron chi connectivity index (χ1n) is 8.10. The number of carbonyl (C=O) groups excluding carboxylic acids is 2. The lowest BCUT2D eigenvalue weighted by molar-refractivity contribution is 0.102. The van der Waals surface area contributed by atoms with Gasteiger partial charge in [0.1, 0.15) is 0 Å². The Morgan fingerprint density at radius 1 is 0.692 bits per heavy atom. The minimum Gasteiger partial charge on any atom is -0.289 e. The molecule has 0 fully saturated rings. The zero-order chi connectivity index (χ0) is 18.8. The fraction of sp³-hybridized carbons (Fsp3) is 0.0909. The summed E-state index contributed by atoms with van der Waals surface area (Å²) in [6.45, 7) is 3.64. The van der Waals surface area contributed by atoms with Crippen LogP contribution in [0.15, 0.2) is 60.7 Å². The predicted octanol–water partition coefficient (Wildman–Crippen LogP) is 6.07. The maximum atomic E-state index is 12.9. The van der Waals surface area contributed by atoms with Gasteiger partial charge in [-0.2, -0.15) is 0 Å². The Labute approximate surface area is 162 Å². The van der Waals surface area contributed by atoms with E-state index >= 15 is 0 Å². The first-order chi connectivity index (χ1) is 12.4. The Kier molecular flexibility index (Phi) is 5.26. The van der Waals surface area contributed by atoms with Crippen molar-refractivity contribution in [2.24, 2.45) is 0 Å². The van der Waals surface area contributed by atoms with Crippen molar-refractivity contribution in [3.8, 4) is 0 Å². The van der Waals surface area contributed by atoms with Gasteiger partial charge in [-0.3, -0.25) is 9.59 Å². The van der Waals surface area contributed by atoms with E-state index in [2.05, 4.69) is 0 Å². The van der Waals surface area contributed by atoms with Gasteiger partial charge in [0, 0.05) is 22.3 Å². The molecule has 0 radical (unpaired) electrons. The maximum Gasteiger partial charge on any atom is 0.195 e. The molecule has 0 spiro atoms. The average molecular weight is 383 g/mol. The molecule has 0 aliphatic carbocycles. The SMILES string of the molecule is Cc1cc(C(=O)c2ccccc2Cl)cc(C)c1C(=O)c1ccccc1Cl. The monoisotopic (exact) mass is 382 g/mol. The van der Waals surface area contributed by atoms with Crippen LogP contribution in [-0.4, -0.2) is 11.6 Å². The van der Waals surface area contributed by atoms with E-state index in [4.69, 9.17) is 23.2 Å². The summed E-state index contributed by atoms with van der Waals surface area (Å²) in [7, 11) is 0. The Bertz CT molecular complexity index is 999. The third-order valence-corrected chi connectivity index (χ3v) is 4.92. The Balaban J connectivity index is 2.05. The summed E-state index contributed by atoms with van der Waals surface area (Å²) in [6, 6.07) is 17.3. The van der Waals surface area contributed by atoms with Gasteiger partial charge in [0.2, 0.25) is 0 Å². The molecule has 0 bridgehead atoms. The molecule has 2 nitrogen and oxygen atoms in total. The molecule has 4 heteroatoms. The third kappa shape index (κ3) is 3.44. The summed E-state index contributed by atoms with van der Waals surface area (Å²) < 4.78 is 0. The molecule has 0 atom stereocenters. The summed E-state index contributed by atoms with van der Waals surface area (Å²) in [5.41, 5.74) is 3.41. The topological polar surface area (TPSA) is 34.1 Å². The van der Waals surface area contributed by atoms with Crippen LogP contribution in [0.5, 0.6) is 0 Å². The number of hydrogen-bond donors (Lipinski definition) is 0. The molecule has 0 N–H and O–H groups in total. The van der Waals surface area contributed by atoms with Gasteiger partial charge in [-0.1, -0.05) is 47.5 Å². The molecule has 0 aliphatic rings. The lowest BCUT2D eigenvalue weighted by atomic mass is 9.91. The first kappa shape index (κ1) is 18.4. The van der Waals surface area contributed by atoms with E-state index in [1.165, 1.54) is 0 Å². The fourth-order valence-electron chi connectivity index (χ4n) is 3.03. The summed E-state index contributed by atoms with van der Waals surface area (Å²) in [6.07, 6.45) is 0. The number of halogens is 2. The van der Waals surface area contributed by atoms with Crippen molar-refractivity contribution >= 4 is 34.8 Å². The highest BCUT2D eigenvalue weighted by atomic mass is 35.5. The molecular weight excluding hydrogens is 367 g/mol. The van der Waals surface area contributed by atoms with E-state index in [-0.39, 0.29) is 11.6 Å². The van der Waals surface area contributed by atoms with Crippen LogP contribution in [0.3, 0.4) is 0 Å². The van der Waals surface area contributed by atoms with Crippen LogP contribution in [0.2, 0.25) is 10.0 Å². The van der Waals surface area contributed by atoms with Crippen molar-refractivity contribution < 1.29 is 9.59 Å². The second-order valence-electron chi connectivity index (χ2n) is 6.10. The van der Waals surface area contributed by atoms with Gasteiger partial charge in [-0.05, 0) is 61.4 Å². The van der Waals surface area contributed by atoms with Crippen LogP contribution in [0.25, 0.3) is 0 Å². The van der Waals surface area contributed by atoms with Crippen molar-refractivity contribution in [1.82, 2.24) is 0 Å². The van der Waals surface area contributed by atoms with Gasteiger partial charge >= 0.3 is 0 Å². The summed E-state index contributed by atoms with van der Waals surface area (Å²) in [5.74, 6) is -0.319. The first-order valence-corrected chi connectivity index (χ1v) is 8.85. The molecule has 0 aromatic heterocycles. The average Bonchev–Trinajstić information content (AvgIpc) is 2.61. The lowest BCUT2D eigenvalue weighted by Crippen LogP contribution is -2.10. The van der Waals surface area contributed by atoms with Crippen LogP contribution in [-0.2, 0) is 0 Å². The maximum absolute atomic E-state index is 12.9. The zero-order valence-electron chi connectivity index (χ0n) is 14.3. The molecule has 3 aromatic rings. The van der Waals surface area contributed by atoms with E-state index in [0.717, 1.165) is 11.1 Å². The second kappa shape index (κ2) is 7.45. The Morgan fingerprint density at radius 2 is 1.12 bits per heavy atom. The molecule has 130 valence electrons. The summed E-state index contributed by atoms with van der Waals surface area (Å²) in [4.78, 5) is 25.7. The van der Waals surface area contributed by atoms with Crippen molar-refractivity contribution in [2.75, 3.05) is 0 Å². The van der Waals surface area contributed by atoms with Crippen molar-refractivity contribution in [1.29, 1.82) is 0 Å². The largest absolute Gasteiger partial charge is 0.289 e. The molecule has 3 rings (SSSR count). The number of benzene rings is 3. The number of ketones is 2. The van der Waals surface area contributed by atoms with Gasteiger partial charge in [-0.25, -0.2) is 0 Å². The van der Waals surface area contributed by atoms with E-state index in [0.29, 0.717) is 32.3 Å². The molecule has 0 saturated heterocycles. The van der Waals surface area contributed by atoms with Gasteiger partial charge in [-0.15, -0.1) is 0 Å². The normalized spacial score (nSPS) is 10.6. The van der Waals surface area contributed by atoms with E-state index in [1.54, 1.807) is 60.7 Å². The second-order valence-corrected chi connectivity index (χ2v) is 6.92. The molecule has 0 amide bonds. The standard InChI is InChI=1S/C22H16Cl2O2/c1-13-11-15(21(25)16-7-3-5-9-18(16)23)12-14(2)20(13)22(26)17-8-4-6-10-19(17)24/h3-12H,1-2H3.